The van der Waals surface area contributed by atoms with E-state index in [0.29, 0.717) is 5.28 Å². The minimum Gasteiger partial charge on any atom is -0.217 e. The number of hydrogen-bond acceptors (Lipinski definition) is 4. The molecule has 0 aliphatic rings. The molecule has 0 fully saturated rings. The van der Waals surface area contributed by atoms with Gasteiger partial charge in [-0.3, -0.25) is 0 Å². The van der Waals surface area contributed by atoms with Crippen molar-refractivity contribution in [2.75, 3.05) is 6.26 Å². The second-order valence-corrected chi connectivity index (χ2v) is 4.19. The number of rotatable bonds is 1. The monoisotopic (exact) mass is 216 g/mol. The van der Waals surface area contributed by atoms with E-state index in [1.807, 2.05) is 17.7 Å². The quantitative estimate of drug-likeness (QED) is 0.416. The molecule has 5 heteroatoms. The molecule has 62 valence electrons. The fourth-order valence-corrected chi connectivity index (χ4v) is 2.75. The predicted octanol–water partition coefficient (Wildman–Crippen LogP) is 3.07. The first-order chi connectivity index (χ1) is 5.81. The Morgan fingerprint density at radius 3 is 3.08 bits per heavy atom. The molecule has 0 radical (unpaired) electrons. The van der Waals surface area contributed by atoms with Gasteiger partial charge in [0.05, 0.1) is 10.2 Å². The van der Waals surface area contributed by atoms with Crippen LogP contribution in [0.25, 0.3) is 10.2 Å². The molecular weight excluding hydrogens is 212 g/mol. The maximum absolute atomic E-state index is 5.73. The summed E-state index contributed by atoms with van der Waals surface area (Å²) in [6, 6.07) is 1.95. The van der Waals surface area contributed by atoms with Gasteiger partial charge in [-0.15, -0.1) is 23.1 Å². The van der Waals surface area contributed by atoms with E-state index in [1.165, 1.54) is 0 Å². The summed E-state index contributed by atoms with van der Waals surface area (Å²) in [4.78, 5) is 8.22. The smallest absolute Gasteiger partial charge is 0.217 e. The summed E-state index contributed by atoms with van der Waals surface area (Å²) in [6.45, 7) is 0. The van der Waals surface area contributed by atoms with Gasteiger partial charge in [0.25, 0.3) is 0 Å². The Bertz CT molecular complexity index is 413. The van der Waals surface area contributed by atoms with Crippen LogP contribution in [0.3, 0.4) is 0 Å². The van der Waals surface area contributed by atoms with Crippen molar-refractivity contribution in [3.8, 4) is 0 Å². The lowest BCUT2D eigenvalue weighted by molar-refractivity contribution is 1.11. The van der Waals surface area contributed by atoms with Gasteiger partial charge in [-0.25, -0.2) is 9.97 Å². The molecule has 12 heavy (non-hydrogen) atoms. The van der Waals surface area contributed by atoms with Gasteiger partial charge in [-0.05, 0) is 29.3 Å². The highest BCUT2D eigenvalue weighted by Crippen LogP contribution is 2.28. The SMILES string of the molecule is CSc1nc(Cl)nc2ccsc12. The highest BCUT2D eigenvalue weighted by molar-refractivity contribution is 7.98. The van der Waals surface area contributed by atoms with Crippen molar-refractivity contribution in [1.29, 1.82) is 0 Å². The van der Waals surface area contributed by atoms with E-state index in [1.54, 1.807) is 23.1 Å². The summed E-state index contributed by atoms with van der Waals surface area (Å²) in [6.07, 6.45) is 1.98. The van der Waals surface area contributed by atoms with Crippen LogP contribution in [0.2, 0.25) is 5.28 Å². The number of nitrogens with zero attached hydrogens (tertiary/aromatic N) is 2. The molecule has 0 bridgehead atoms. The van der Waals surface area contributed by atoms with Gasteiger partial charge in [0, 0.05) is 0 Å². The standard InChI is InChI=1S/C7H5ClN2S2/c1-11-6-5-4(2-3-12-5)9-7(8)10-6/h2-3H,1H3. The third-order valence-corrected chi connectivity index (χ3v) is 3.33. The number of thioether (sulfide) groups is 1. The minimum absolute atomic E-state index is 0.324. The molecule has 0 N–H and O–H groups in total. The summed E-state index contributed by atoms with van der Waals surface area (Å²) in [5.74, 6) is 0. The van der Waals surface area contributed by atoms with Crippen LogP contribution in [0.5, 0.6) is 0 Å². The first kappa shape index (κ1) is 8.29. The number of hydrogen-bond donors (Lipinski definition) is 0. The topological polar surface area (TPSA) is 25.8 Å². The molecule has 0 aliphatic carbocycles. The summed E-state index contributed by atoms with van der Waals surface area (Å²) in [5.41, 5.74) is 0.935. The average molecular weight is 217 g/mol. The Labute approximate surface area is 83.0 Å². The van der Waals surface area contributed by atoms with Crippen LogP contribution >= 0.6 is 34.7 Å². The number of thiophene rings is 1. The van der Waals surface area contributed by atoms with Crippen LogP contribution in [0.1, 0.15) is 0 Å². The molecule has 2 aromatic heterocycles. The lowest BCUT2D eigenvalue weighted by atomic mass is 10.5. The summed E-state index contributed by atoms with van der Waals surface area (Å²) < 4.78 is 1.12. The molecule has 0 saturated heterocycles. The Balaban J connectivity index is 2.80. The van der Waals surface area contributed by atoms with Gasteiger partial charge in [0.15, 0.2) is 0 Å². The van der Waals surface area contributed by atoms with E-state index >= 15 is 0 Å². The maximum atomic E-state index is 5.73. The summed E-state index contributed by atoms with van der Waals surface area (Å²) in [5, 5.41) is 3.28. The van der Waals surface area contributed by atoms with E-state index in [4.69, 9.17) is 11.6 Å². The average Bonchev–Trinajstić information content (AvgIpc) is 2.50. The number of fused-ring (bicyclic) bond motifs is 1. The van der Waals surface area contributed by atoms with Crippen LogP contribution < -0.4 is 0 Å². The third-order valence-electron chi connectivity index (χ3n) is 1.44. The molecule has 0 spiro atoms. The molecular formula is C7H5ClN2S2. The molecule has 2 rings (SSSR count). The molecule has 0 saturated carbocycles. The summed E-state index contributed by atoms with van der Waals surface area (Å²) >= 11 is 8.96. The highest BCUT2D eigenvalue weighted by Gasteiger charge is 2.05. The zero-order chi connectivity index (χ0) is 8.55. The van der Waals surface area contributed by atoms with E-state index in [9.17, 15) is 0 Å². The van der Waals surface area contributed by atoms with Gasteiger partial charge in [0.2, 0.25) is 5.28 Å². The molecule has 2 aromatic rings. The van der Waals surface area contributed by atoms with Crippen molar-refractivity contribution in [2.45, 2.75) is 5.03 Å². The van der Waals surface area contributed by atoms with Crippen LogP contribution in [0.4, 0.5) is 0 Å². The van der Waals surface area contributed by atoms with E-state index in [-0.39, 0.29) is 0 Å². The molecule has 0 aromatic carbocycles. The van der Waals surface area contributed by atoms with Crippen LogP contribution in [-0.4, -0.2) is 16.2 Å². The Morgan fingerprint density at radius 2 is 2.33 bits per heavy atom. The summed E-state index contributed by atoms with van der Waals surface area (Å²) in [7, 11) is 0. The van der Waals surface area contributed by atoms with E-state index in [2.05, 4.69) is 9.97 Å². The van der Waals surface area contributed by atoms with E-state index in [0.717, 1.165) is 15.2 Å². The molecule has 0 atom stereocenters. The molecule has 0 amide bonds. The predicted molar refractivity (Wildman–Crippen MR) is 54.2 cm³/mol. The molecule has 2 nitrogen and oxygen atoms in total. The fraction of sp³-hybridized carbons (Fsp3) is 0.143. The van der Waals surface area contributed by atoms with Gasteiger partial charge >= 0.3 is 0 Å². The fourth-order valence-electron chi connectivity index (χ4n) is 0.948. The van der Waals surface area contributed by atoms with Gasteiger partial charge < -0.3 is 0 Å². The first-order valence-electron chi connectivity index (χ1n) is 3.26. The molecule has 0 aliphatic heterocycles. The lowest BCUT2D eigenvalue weighted by Crippen LogP contribution is -1.84. The van der Waals surface area contributed by atoms with Crippen molar-refractivity contribution in [3.63, 3.8) is 0 Å². The van der Waals surface area contributed by atoms with Gasteiger partial charge in [-0.1, -0.05) is 0 Å². The highest BCUT2D eigenvalue weighted by atomic mass is 35.5. The Hall–Kier alpha value is -0.320. The Morgan fingerprint density at radius 1 is 1.50 bits per heavy atom. The first-order valence-corrected chi connectivity index (χ1v) is 5.74. The van der Waals surface area contributed by atoms with Gasteiger partial charge in [-0.2, -0.15) is 0 Å². The van der Waals surface area contributed by atoms with Crippen LogP contribution in [0.15, 0.2) is 16.5 Å². The van der Waals surface area contributed by atoms with Crippen molar-refractivity contribution < 1.29 is 0 Å². The van der Waals surface area contributed by atoms with Crippen molar-refractivity contribution in [1.82, 2.24) is 9.97 Å². The molecule has 0 unspecified atom stereocenters. The van der Waals surface area contributed by atoms with Crippen LogP contribution in [-0.2, 0) is 0 Å². The third kappa shape index (κ3) is 1.30. The lowest BCUT2D eigenvalue weighted by Gasteiger charge is -1.96. The zero-order valence-corrected chi connectivity index (χ0v) is 8.63. The zero-order valence-electron chi connectivity index (χ0n) is 6.24. The van der Waals surface area contributed by atoms with Gasteiger partial charge in [0.1, 0.15) is 5.03 Å². The Kier molecular flexibility index (Phi) is 2.21. The largest absolute Gasteiger partial charge is 0.224 e. The maximum Gasteiger partial charge on any atom is 0.224 e. The van der Waals surface area contributed by atoms with E-state index < -0.39 is 0 Å². The number of halogens is 1. The van der Waals surface area contributed by atoms with Crippen molar-refractivity contribution in [3.05, 3.63) is 16.7 Å². The minimum atomic E-state index is 0.324. The van der Waals surface area contributed by atoms with Crippen LogP contribution in [0, 0.1) is 0 Å². The normalized spacial score (nSPS) is 10.8. The van der Waals surface area contributed by atoms with Crippen molar-refractivity contribution in [2.24, 2.45) is 0 Å². The number of aromatic nitrogens is 2. The molecule has 2 heterocycles. The second kappa shape index (κ2) is 3.20. The second-order valence-electron chi connectivity index (χ2n) is 2.14. The van der Waals surface area contributed by atoms with Crippen molar-refractivity contribution >= 4 is 44.9 Å².